The summed E-state index contributed by atoms with van der Waals surface area (Å²) in [4.78, 5) is 11.2. The van der Waals surface area contributed by atoms with Crippen LogP contribution in [0.2, 0.25) is 0 Å². The summed E-state index contributed by atoms with van der Waals surface area (Å²) in [6.45, 7) is 5.72. The van der Waals surface area contributed by atoms with Crippen LogP contribution >= 0.6 is 0 Å². The van der Waals surface area contributed by atoms with Crippen molar-refractivity contribution in [1.29, 1.82) is 0 Å². The standard InChI is InChI=1S/C10H16O/c1-3-4-9-6-5-8(2)10(11)7-9/h3,8-9H,1,4-7H2,2H3. The molecule has 0 aromatic rings. The second-order valence-corrected chi connectivity index (χ2v) is 3.54. The maximum absolute atomic E-state index is 11.2. The smallest absolute Gasteiger partial charge is 0.135 e. The molecular formula is C10H16O. The zero-order valence-corrected chi connectivity index (χ0v) is 7.18. The lowest BCUT2D eigenvalue weighted by atomic mass is 9.80. The zero-order chi connectivity index (χ0) is 8.27. The van der Waals surface area contributed by atoms with E-state index in [0.29, 0.717) is 17.6 Å². The molecule has 0 aromatic heterocycles. The Morgan fingerprint density at radius 3 is 2.91 bits per heavy atom. The molecule has 0 bridgehead atoms. The summed E-state index contributed by atoms with van der Waals surface area (Å²) in [7, 11) is 0. The third-order valence-corrected chi connectivity index (χ3v) is 2.55. The van der Waals surface area contributed by atoms with E-state index in [1.807, 2.05) is 13.0 Å². The van der Waals surface area contributed by atoms with Crippen molar-refractivity contribution < 1.29 is 4.79 Å². The van der Waals surface area contributed by atoms with E-state index < -0.39 is 0 Å². The molecule has 0 N–H and O–H groups in total. The van der Waals surface area contributed by atoms with Crippen molar-refractivity contribution in [3.8, 4) is 0 Å². The molecule has 1 nitrogen and oxygen atoms in total. The molecule has 0 amide bonds. The lowest BCUT2D eigenvalue weighted by Crippen LogP contribution is -2.22. The summed E-state index contributed by atoms with van der Waals surface area (Å²) in [5.74, 6) is 1.36. The average molecular weight is 152 g/mol. The molecule has 2 unspecified atom stereocenters. The Bertz CT molecular complexity index is 160. The first-order valence-corrected chi connectivity index (χ1v) is 4.37. The minimum Gasteiger partial charge on any atom is -0.299 e. The SMILES string of the molecule is C=CCC1CCC(C)C(=O)C1. The fraction of sp³-hybridized carbons (Fsp3) is 0.700. The van der Waals surface area contributed by atoms with Crippen LogP contribution in [-0.2, 0) is 4.79 Å². The molecule has 0 aromatic carbocycles. The zero-order valence-electron chi connectivity index (χ0n) is 7.18. The number of rotatable bonds is 2. The Balaban J connectivity index is 2.39. The molecule has 11 heavy (non-hydrogen) atoms. The van der Waals surface area contributed by atoms with Crippen molar-refractivity contribution in [2.45, 2.75) is 32.6 Å². The molecule has 0 saturated heterocycles. The normalized spacial score (nSPS) is 31.9. The van der Waals surface area contributed by atoms with E-state index >= 15 is 0 Å². The van der Waals surface area contributed by atoms with E-state index in [-0.39, 0.29) is 0 Å². The van der Waals surface area contributed by atoms with Crippen LogP contribution in [0.4, 0.5) is 0 Å². The van der Waals surface area contributed by atoms with Gasteiger partial charge in [-0.05, 0) is 25.2 Å². The van der Waals surface area contributed by atoms with Crippen LogP contribution in [-0.4, -0.2) is 5.78 Å². The predicted octanol–water partition coefficient (Wildman–Crippen LogP) is 2.57. The summed E-state index contributed by atoms with van der Waals surface area (Å²) in [6.07, 6.45) is 6.01. The van der Waals surface area contributed by atoms with E-state index in [4.69, 9.17) is 0 Å². The van der Waals surface area contributed by atoms with Gasteiger partial charge in [-0.25, -0.2) is 0 Å². The molecule has 1 heteroatoms. The fourth-order valence-electron chi connectivity index (χ4n) is 1.67. The fourth-order valence-corrected chi connectivity index (χ4v) is 1.67. The van der Waals surface area contributed by atoms with Crippen molar-refractivity contribution in [3.63, 3.8) is 0 Å². The highest BCUT2D eigenvalue weighted by Gasteiger charge is 2.23. The first kappa shape index (κ1) is 8.51. The Morgan fingerprint density at radius 1 is 1.64 bits per heavy atom. The van der Waals surface area contributed by atoms with Gasteiger partial charge in [-0.2, -0.15) is 0 Å². The first-order valence-electron chi connectivity index (χ1n) is 4.37. The van der Waals surface area contributed by atoms with Gasteiger partial charge in [0.15, 0.2) is 0 Å². The number of hydrogen-bond donors (Lipinski definition) is 0. The molecule has 1 saturated carbocycles. The van der Waals surface area contributed by atoms with Gasteiger partial charge in [0.25, 0.3) is 0 Å². The first-order chi connectivity index (χ1) is 5.24. The van der Waals surface area contributed by atoms with Crippen LogP contribution in [0.1, 0.15) is 32.6 Å². The Labute approximate surface area is 68.5 Å². The summed E-state index contributed by atoms with van der Waals surface area (Å²) in [5, 5.41) is 0. The van der Waals surface area contributed by atoms with E-state index in [1.54, 1.807) is 0 Å². The van der Waals surface area contributed by atoms with Gasteiger partial charge in [0.05, 0.1) is 0 Å². The topological polar surface area (TPSA) is 17.1 Å². The molecule has 1 aliphatic rings. The minimum absolute atomic E-state index is 0.316. The molecule has 0 spiro atoms. The summed E-state index contributed by atoms with van der Waals surface area (Å²) >= 11 is 0. The van der Waals surface area contributed by atoms with E-state index in [1.165, 1.54) is 6.42 Å². The van der Waals surface area contributed by atoms with Gasteiger partial charge in [0, 0.05) is 12.3 Å². The van der Waals surface area contributed by atoms with Gasteiger partial charge < -0.3 is 0 Å². The molecular weight excluding hydrogens is 136 g/mol. The highest BCUT2D eigenvalue weighted by Crippen LogP contribution is 2.27. The predicted molar refractivity (Wildman–Crippen MR) is 46.3 cm³/mol. The van der Waals surface area contributed by atoms with Crippen molar-refractivity contribution in [3.05, 3.63) is 12.7 Å². The number of allylic oxidation sites excluding steroid dienone is 1. The molecule has 2 atom stereocenters. The Kier molecular flexibility index (Phi) is 2.86. The van der Waals surface area contributed by atoms with Crippen molar-refractivity contribution in [2.24, 2.45) is 11.8 Å². The van der Waals surface area contributed by atoms with E-state index in [9.17, 15) is 4.79 Å². The van der Waals surface area contributed by atoms with Crippen LogP contribution in [0, 0.1) is 11.8 Å². The van der Waals surface area contributed by atoms with E-state index in [2.05, 4.69) is 6.58 Å². The quantitative estimate of drug-likeness (QED) is 0.556. The molecule has 1 rings (SSSR count). The molecule has 62 valence electrons. The third-order valence-electron chi connectivity index (χ3n) is 2.55. The molecule has 0 aliphatic heterocycles. The number of carbonyl (C=O) groups excluding carboxylic acids is 1. The molecule has 1 fully saturated rings. The van der Waals surface area contributed by atoms with Gasteiger partial charge in [0.1, 0.15) is 5.78 Å². The van der Waals surface area contributed by atoms with Crippen molar-refractivity contribution >= 4 is 5.78 Å². The Hall–Kier alpha value is -0.590. The second kappa shape index (κ2) is 3.70. The third kappa shape index (κ3) is 2.18. The number of carbonyl (C=O) groups is 1. The summed E-state index contributed by atoms with van der Waals surface area (Å²) < 4.78 is 0. The lowest BCUT2D eigenvalue weighted by molar-refractivity contribution is -0.125. The van der Waals surface area contributed by atoms with Gasteiger partial charge in [-0.15, -0.1) is 6.58 Å². The van der Waals surface area contributed by atoms with Crippen molar-refractivity contribution in [1.82, 2.24) is 0 Å². The maximum Gasteiger partial charge on any atom is 0.135 e. The maximum atomic E-state index is 11.2. The number of ketones is 1. The van der Waals surface area contributed by atoms with Crippen LogP contribution in [0.5, 0.6) is 0 Å². The minimum atomic E-state index is 0.316. The average Bonchev–Trinajstić information content (AvgIpc) is 1.98. The van der Waals surface area contributed by atoms with Gasteiger partial charge in [-0.3, -0.25) is 4.79 Å². The summed E-state index contributed by atoms with van der Waals surface area (Å²) in [6, 6.07) is 0. The van der Waals surface area contributed by atoms with Gasteiger partial charge in [-0.1, -0.05) is 13.0 Å². The molecule has 1 aliphatic carbocycles. The van der Waals surface area contributed by atoms with Crippen LogP contribution in [0.25, 0.3) is 0 Å². The van der Waals surface area contributed by atoms with Crippen molar-refractivity contribution in [2.75, 3.05) is 0 Å². The van der Waals surface area contributed by atoms with Crippen LogP contribution < -0.4 is 0 Å². The van der Waals surface area contributed by atoms with Gasteiger partial charge >= 0.3 is 0 Å². The largest absolute Gasteiger partial charge is 0.299 e. The summed E-state index contributed by atoms with van der Waals surface area (Å²) in [5.41, 5.74) is 0. The van der Waals surface area contributed by atoms with Crippen LogP contribution in [0.3, 0.4) is 0 Å². The molecule has 0 heterocycles. The van der Waals surface area contributed by atoms with Gasteiger partial charge in [0.2, 0.25) is 0 Å². The Morgan fingerprint density at radius 2 is 2.36 bits per heavy atom. The lowest BCUT2D eigenvalue weighted by Gasteiger charge is -2.23. The van der Waals surface area contributed by atoms with Crippen LogP contribution in [0.15, 0.2) is 12.7 Å². The second-order valence-electron chi connectivity index (χ2n) is 3.54. The monoisotopic (exact) mass is 152 g/mol. The van der Waals surface area contributed by atoms with E-state index in [0.717, 1.165) is 19.3 Å². The number of hydrogen-bond acceptors (Lipinski definition) is 1. The molecule has 0 radical (unpaired) electrons. The number of Topliss-reactive ketones (excluding diaryl/α,β-unsaturated/α-hetero) is 1. The highest BCUT2D eigenvalue weighted by molar-refractivity contribution is 5.81. The highest BCUT2D eigenvalue weighted by atomic mass is 16.1.